The molecule has 100 valence electrons. The van der Waals surface area contributed by atoms with E-state index in [0.29, 0.717) is 17.5 Å². The van der Waals surface area contributed by atoms with Crippen molar-refractivity contribution in [2.45, 2.75) is 46.2 Å². The highest BCUT2D eigenvalue weighted by molar-refractivity contribution is 5.23. The van der Waals surface area contributed by atoms with Crippen LogP contribution in [0, 0.1) is 12.3 Å². The summed E-state index contributed by atoms with van der Waals surface area (Å²) in [6.07, 6.45) is 1.21. The third-order valence-electron chi connectivity index (χ3n) is 4.16. The molecule has 2 heteroatoms. The van der Waals surface area contributed by atoms with Crippen molar-refractivity contribution in [2.75, 3.05) is 13.1 Å². The van der Waals surface area contributed by atoms with E-state index in [0.717, 1.165) is 13.1 Å². The van der Waals surface area contributed by atoms with E-state index in [1.54, 1.807) is 0 Å². The van der Waals surface area contributed by atoms with Gasteiger partial charge in [-0.25, -0.2) is 0 Å². The fourth-order valence-electron chi connectivity index (χ4n) is 2.73. The second-order valence-corrected chi connectivity index (χ2v) is 6.31. The number of hydrogen-bond donors (Lipinski definition) is 2. The molecule has 1 aliphatic rings. The normalized spacial score (nSPS) is 24.8. The van der Waals surface area contributed by atoms with Crippen LogP contribution < -0.4 is 10.6 Å². The Bertz CT molecular complexity index is 381. The molecular formula is C16H26N2. The van der Waals surface area contributed by atoms with Crippen LogP contribution in [0.2, 0.25) is 0 Å². The quantitative estimate of drug-likeness (QED) is 0.856. The van der Waals surface area contributed by atoms with Crippen LogP contribution in [0.4, 0.5) is 0 Å². The molecule has 1 unspecified atom stereocenters. The Morgan fingerprint density at radius 1 is 1.28 bits per heavy atom. The van der Waals surface area contributed by atoms with Gasteiger partial charge in [-0.3, -0.25) is 0 Å². The Morgan fingerprint density at radius 2 is 1.94 bits per heavy atom. The summed E-state index contributed by atoms with van der Waals surface area (Å²) < 4.78 is 0. The van der Waals surface area contributed by atoms with Gasteiger partial charge >= 0.3 is 0 Å². The Kier molecular flexibility index (Phi) is 4.08. The van der Waals surface area contributed by atoms with Crippen molar-refractivity contribution < 1.29 is 0 Å². The Balaban J connectivity index is 2.02. The van der Waals surface area contributed by atoms with E-state index in [-0.39, 0.29) is 0 Å². The standard InChI is InChI=1S/C16H26N2/c1-12-5-7-14(8-6-12)13(2)18-15-9-10-17-11-16(15,3)4/h5-8,13,15,17-18H,9-11H2,1-4H3/t13-,15?/m0/s1. The lowest BCUT2D eigenvalue weighted by Crippen LogP contribution is -2.53. The monoisotopic (exact) mass is 246 g/mol. The van der Waals surface area contributed by atoms with Gasteiger partial charge in [0.05, 0.1) is 0 Å². The van der Waals surface area contributed by atoms with E-state index >= 15 is 0 Å². The number of nitrogens with one attached hydrogen (secondary N) is 2. The molecule has 2 atom stereocenters. The van der Waals surface area contributed by atoms with Gasteiger partial charge in [-0.1, -0.05) is 43.7 Å². The molecule has 0 radical (unpaired) electrons. The van der Waals surface area contributed by atoms with Crippen molar-refractivity contribution in [1.29, 1.82) is 0 Å². The predicted octanol–water partition coefficient (Wildman–Crippen LogP) is 3.03. The SMILES string of the molecule is Cc1ccc([C@H](C)NC2CCNCC2(C)C)cc1. The Labute approximate surface area is 111 Å². The van der Waals surface area contributed by atoms with Crippen LogP contribution in [0.25, 0.3) is 0 Å². The van der Waals surface area contributed by atoms with Gasteiger partial charge < -0.3 is 10.6 Å². The highest BCUT2D eigenvalue weighted by Crippen LogP contribution is 2.27. The zero-order chi connectivity index (χ0) is 13.2. The number of aryl methyl sites for hydroxylation is 1. The first kappa shape index (κ1) is 13.6. The molecule has 0 bridgehead atoms. The summed E-state index contributed by atoms with van der Waals surface area (Å²) in [4.78, 5) is 0. The van der Waals surface area contributed by atoms with Crippen LogP contribution in [-0.2, 0) is 0 Å². The van der Waals surface area contributed by atoms with E-state index in [2.05, 4.69) is 62.6 Å². The van der Waals surface area contributed by atoms with Crippen LogP contribution >= 0.6 is 0 Å². The van der Waals surface area contributed by atoms with Gasteiger partial charge in [0, 0.05) is 18.6 Å². The highest BCUT2D eigenvalue weighted by atomic mass is 15.0. The van der Waals surface area contributed by atoms with Gasteiger partial charge in [-0.15, -0.1) is 0 Å². The number of rotatable bonds is 3. The van der Waals surface area contributed by atoms with Gasteiger partial charge in [0.2, 0.25) is 0 Å². The molecule has 0 amide bonds. The number of piperidine rings is 1. The molecule has 0 saturated carbocycles. The van der Waals surface area contributed by atoms with Crippen LogP contribution in [0.15, 0.2) is 24.3 Å². The third-order valence-corrected chi connectivity index (χ3v) is 4.16. The zero-order valence-electron chi connectivity index (χ0n) is 12.1. The van der Waals surface area contributed by atoms with Crippen LogP contribution in [0.3, 0.4) is 0 Å². The largest absolute Gasteiger partial charge is 0.316 e. The minimum atomic E-state index is 0.331. The first-order chi connectivity index (χ1) is 8.49. The molecule has 0 spiro atoms. The molecule has 1 aromatic carbocycles. The lowest BCUT2D eigenvalue weighted by molar-refractivity contribution is 0.174. The maximum Gasteiger partial charge on any atom is 0.0294 e. The van der Waals surface area contributed by atoms with Crippen LogP contribution in [-0.4, -0.2) is 19.1 Å². The van der Waals surface area contributed by atoms with E-state index in [4.69, 9.17) is 0 Å². The van der Waals surface area contributed by atoms with Crippen molar-refractivity contribution in [3.05, 3.63) is 35.4 Å². The Morgan fingerprint density at radius 3 is 2.56 bits per heavy atom. The molecule has 1 aromatic rings. The molecule has 2 rings (SSSR count). The molecule has 1 saturated heterocycles. The van der Waals surface area contributed by atoms with Crippen LogP contribution in [0.5, 0.6) is 0 Å². The average molecular weight is 246 g/mol. The van der Waals surface area contributed by atoms with Crippen molar-refractivity contribution in [3.63, 3.8) is 0 Å². The summed E-state index contributed by atoms with van der Waals surface area (Å²) in [6.45, 7) is 11.3. The molecule has 18 heavy (non-hydrogen) atoms. The van der Waals surface area contributed by atoms with E-state index in [1.165, 1.54) is 17.5 Å². The zero-order valence-corrected chi connectivity index (χ0v) is 12.1. The van der Waals surface area contributed by atoms with Crippen molar-refractivity contribution >= 4 is 0 Å². The molecule has 0 aliphatic carbocycles. The molecule has 2 nitrogen and oxygen atoms in total. The molecular weight excluding hydrogens is 220 g/mol. The highest BCUT2D eigenvalue weighted by Gasteiger charge is 2.32. The van der Waals surface area contributed by atoms with E-state index in [9.17, 15) is 0 Å². The minimum absolute atomic E-state index is 0.331. The topological polar surface area (TPSA) is 24.1 Å². The van der Waals surface area contributed by atoms with Gasteiger partial charge in [0.25, 0.3) is 0 Å². The van der Waals surface area contributed by atoms with Crippen LogP contribution in [0.1, 0.15) is 44.4 Å². The molecule has 1 heterocycles. The summed E-state index contributed by atoms with van der Waals surface area (Å²) in [5.74, 6) is 0. The van der Waals surface area contributed by atoms with Crippen molar-refractivity contribution in [2.24, 2.45) is 5.41 Å². The molecule has 0 aromatic heterocycles. The summed E-state index contributed by atoms with van der Waals surface area (Å²) in [6, 6.07) is 9.88. The summed E-state index contributed by atoms with van der Waals surface area (Å²) in [5, 5.41) is 7.29. The van der Waals surface area contributed by atoms with Gasteiger partial charge in [0.1, 0.15) is 0 Å². The first-order valence-electron chi connectivity index (χ1n) is 7.02. The second-order valence-electron chi connectivity index (χ2n) is 6.31. The maximum atomic E-state index is 3.80. The molecule has 1 aliphatic heterocycles. The number of benzene rings is 1. The maximum absolute atomic E-state index is 3.80. The fraction of sp³-hybridized carbons (Fsp3) is 0.625. The van der Waals surface area contributed by atoms with Gasteiger partial charge in [0.15, 0.2) is 0 Å². The van der Waals surface area contributed by atoms with Crippen molar-refractivity contribution in [1.82, 2.24) is 10.6 Å². The minimum Gasteiger partial charge on any atom is -0.316 e. The van der Waals surface area contributed by atoms with E-state index < -0.39 is 0 Å². The third kappa shape index (κ3) is 3.12. The number of hydrogen-bond acceptors (Lipinski definition) is 2. The summed E-state index contributed by atoms with van der Waals surface area (Å²) >= 11 is 0. The second kappa shape index (κ2) is 5.41. The Hall–Kier alpha value is -0.860. The van der Waals surface area contributed by atoms with Gasteiger partial charge in [-0.2, -0.15) is 0 Å². The lowest BCUT2D eigenvalue weighted by Gasteiger charge is -2.41. The molecule has 1 fully saturated rings. The van der Waals surface area contributed by atoms with Gasteiger partial charge in [-0.05, 0) is 37.8 Å². The summed E-state index contributed by atoms with van der Waals surface area (Å²) in [7, 11) is 0. The lowest BCUT2D eigenvalue weighted by atomic mass is 9.79. The van der Waals surface area contributed by atoms with Crippen molar-refractivity contribution in [3.8, 4) is 0 Å². The predicted molar refractivity (Wildman–Crippen MR) is 77.8 cm³/mol. The summed E-state index contributed by atoms with van der Waals surface area (Å²) in [5.41, 5.74) is 3.04. The molecule has 2 N–H and O–H groups in total. The van der Waals surface area contributed by atoms with E-state index in [1.807, 2.05) is 0 Å². The smallest absolute Gasteiger partial charge is 0.0294 e. The average Bonchev–Trinajstić information content (AvgIpc) is 2.32. The fourth-order valence-corrected chi connectivity index (χ4v) is 2.73. The first-order valence-corrected chi connectivity index (χ1v) is 7.02.